The highest BCUT2D eigenvalue weighted by Crippen LogP contribution is 2.27. The van der Waals surface area contributed by atoms with Crippen LogP contribution in [0.1, 0.15) is 21.5 Å². The van der Waals surface area contributed by atoms with Gasteiger partial charge in [0.05, 0.1) is 22.7 Å². The van der Waals surface area contributed by atoms with E-state index in [2.05, 4.69) is 4.72 Å². The molecule has 0 saturated heterocycles. The lowest BCUT2D eigenvalue weighted by Gasteiger charge is -2.20. The van der Waals surface area contributed by atoms with Crippen LogP contribution in [0.25, 0.3) is 0 Å². The highest BCUT2D eigenvalue weighted by atomic mass is 35.5. The number of nitrogens with zero attached hydrogens (tertiary/aromatic N) is 1. The predicted molar refractivity (Wildman–Crippen MR) is 122 cm³/mol. The van der Waals surface area contributed by atoms with Gasteiger partial charge >= 0.3 is 0 Å². The molecule has 0 bridgehead atoms. The lowest BCUT2D eigenvalue weighted by molar-refractivity contribution is 0.0784. The highest BCUT2D eigenvalue weighted by molar-refractivity contribution is 7.92. The van der Waals surface area contributed by atoms with Crippen molar-refractivity contribution in [3.63, 3.8) is 0 Å². The predicted octanol–water partition coefficient (Wildman–Crippen LogP) is 4.87. The SMILES string of the molecule is COc1ccc(C)cc1CN(C)C(=O)c1ccc(Cl)c(NS(=O)(=O)c2ccc(F)cc2)c1. The first kappa shape index (κ1) is 23.6. The summed E-state index contributed by atoms with van der Waals surface area (Å²) in [6.45, 7) is 2.24. The van der Waals surface area contributed by atoms with Crippen molar-refractivity contribution in [1.29, 1.82) is 0 Å². The molecule has 0 saturated carbocycles. The van der Waals surface area contributed by atoms with E-state index in [4.69, 9.17) is 16.3 Å². The number of sulfonamides is 1. The van der Waals surface area contributed by atoms with Gasteiger partial charge in [-0.2, -0.15) is 0 Å². The topological polar surface area (TPSA) is 75.7 Å². The van der Waals surface area contributed by atoms with E-state index in [0.29, 0.717) is 12.3 Å². The lowest BCUT2D eigenvalue weighted by Crippen LogP contribution is -2.26. The molecular formula is C23H22ClFN2O4S. The van der Waals surface area contributed by atoms with Crippen molar-refractivity contribution in [3.8, 4) is 5.75 Å². The molecule has 0 atom stereocenters. The first-order valence-corrected chi connectivity index (χ1v) is 11.4. The van der Waals surface area contributed by atoms with Gasteiger partial charge in [0.2, 0.25) is 0 Å². The minimum atomic E-state index is -4.02. The third-order valence-electron chi connectivity index (χ3n) is 4.77. The van der Waals surface area contributed by atoms with Crippen LogP contribution < -0.4 is 9.46 Å². The summed E-state index contributed by atoms with van der Waals surface area (Å²) >= 11 is 6.16. The van der Waals surface area contributed by atoms with E-state index in [-0.39, 0.29) is 27.1 Å². The Balaban J connectivity index is 1.84. The summed E-state index contributed by atoms with van der Waals surface area (Å²) in [5.74, 6) is -0.214. The third-order valence-corrected chi connectivity index (χ3v) is 6.48. The minimum Gasteiger partial charge on any atom is -0.496 e. The number of nitrogens with one attached hydrogen (secondary N) is 1. The maximum Gasteiger partial charge on any atom is 0.261 e. The molecule has 0 aliphatic carbocycles. The highest BCUT2D eigenvalue weighted by Gasteiger charge is 2.19. The number of hydrogen-bond donors (Lipinski definition) is 1. The Hall–Kier alpha value is -3.10. The molecule has 3 aromatic rings. The number of anilines is 1. The van der Waals surface area contributed by atoms with Crippen LogP contribution >= 0.6 is 11.6 Å². The lowest BCUT2D eigenvalue weighted by atomic mass is 10.1. The molecule has 0 fully saturated rings. The average molecular weight is 477 g/mol. The van der Waals surface area contributed by atoms with Crippen molar-refractivity contribution >= 4 is 33.2 Å². The number of carbonyl (C=O) groups excluding carboxylic acids is 1. The molecule has 1 amide bonds. The maximum atomic E-state index is 13.1. The molecular weight excluding hydrogens is 455 g/mol. The van der Waals surface area contributed by atoms with Gasteiger partial charge in [0.15, 0.2) is 0 Å². The van der Waals surface area contributed by atoms with Crippen molar-refractivity contribution in [2.45, 2.75) is 18.4 Å². The van der Waals surface area contributed by atoms with Crippen molar-refractivity contribution in [2.24, 2.45) is 0 Å². The van der Waals surface area contributed by atoms with Gasteiger partial charge in [-0.15, -0.1) is 0 Å². The van der Waals surface area contributed by atoms with Crippen LogP contribution in [-0.2, 0) is 16.6 Å². The Labute approximate surface area is 191 Å². The van der Waals surface area contributed by atoms with Crippen molar-refractivity contribution in [1.82, 2.24) is 4.90 Å². The van der Waals surface area contributed by atoms with E-state index >= 15 is 0 Å². The molecule has 6 nitrogen and oxygen atoms in total. The fraction of sp³-hybridized carbons (Fsp3) is 0.174. The zero-order valence-electron chi connectivity index (χ0n) is 17.7. The first-order chi connectivity index (χ1) is 15.1. The molecule has 0 aromatic heterocycles. The van der Waals surface area contributed by atoms with E-state index in [1.807, 2.05) is 25.1 Å². The zero-order chi connectivity index (χ0) is 23.5. The summed E-state index contributed by atoms with van der Waals surface area (Å²) in [7, 11) is -0.816. The van der Waals surface area contributed by atoms with Crippen LogP contribution in [0.5, 0.6) is 5.75 Å². The molecule has 32 heavy (non-hydrogen) atoms. The van der Waals surface area contributed by atoms with Crippen LogP contribution in [0.3, 0.4) is 0 Å². The Morgan fingerprint density at radius 3 is 2.44 bits per heavy atom. The quantitative estimate of drug-likeness (QED) is 0.528. The number of hydrogen-bond acceptors (Lipinski definition) is 4. The summed E-state index contributed by atoms with van der Waals surface area (Å²) in [5.41, 5.74) is 2.17. The van der Waals surface area contributed by atoms with Gasteiger partial charge in [-0.3, -0.25) is 9.52 Å². The van der Waals surface area contributed by atoms with Gasteiger partial charge in [-0.1, -0.05) is 29.3 Å². The van der Waals surface area contributed by atoms with Crippen LogP contribution in [0.2, 0.25) is 5.02 Å². The fourth-order valence-electron chi connectivity index (χ4n) is 3.13. The number of amides is 1. The van der Waals surface area contributed by atoms with Crippen molar-refractivity contribution in [3.05, 3.63) is 88.2 Å². The summed E-state index contributed by atoms with van der Waals surface area (Å²) in [5, 5.41) is 0.121. The number of rotatable bonds is 7. The average Bonchev–Trinajstić information content (AvgIpc) is 2.75. The van der Waals surface area contributed by atoms with E-state index in [1.54, 1.807) is 14.2 Å². The number of ether oxygens (including phenoxy) is 1. The van der Waals surface area contributed by atoms with Gasteiger partial charge < -0.3 is 9.64 Å². The summed E-state index contributed by atoms with van der Waals surface area (Å²) < 4.78 is 46.1. The largest absolute Gasteiger partial charge is 0.496 e. The molecule has 0 spiro atoms. The van der Waals surface area contributed by atoms with Gasteiger partial charge in [-0.25, -0.2) is 12.8 Å². The number of methoxy groups -OCH3 is 1. The second-order valence-electron chi connectivity index (χ2n) is 7.23. The zero-order valence-corrected chi connectivity index (χ0v) is 19.3. The van der Waals surface area contributed by atoms with Crippen LogP contribution in [-0.4, -0.2) is 33.4 Å². The van der Waals surface area contributed by atoms with Gasteiger partial charge in [-0.05, 0) is 55.5 Å². The second kappa shape index (κ2) is 9.58. The number of aryl methyl sites for hydroxylation is 1. The van der Waals surface area contributed by atoms with E-state index in [0.717, 1.165) is 35.4 Å². The third kappa shape index (κ3) is 5.38. The van der Waals surface area contributed by atoms with E-state index < -0.39 is 15.8 Å². The smallest absolute Gasteiger partial charge is 0.261 e. The summed E-state index contributed by atoms with van der Waals surface area (Å²) in [6.07, 6.45) is 0. The molecule has 0 aliphatic rings. The molecule has 1 N–H and O–H groups in total. The van der Waals surface area contributed by atoms with Crippen molar-refractivity contribution in [2.75, 3.05) is 18.9 Å². The Morgan fingerprint density at radius 1 is 1.09 bits per heavy atom. The molecule has 0 heterocycles. The Bertz CT molecular complexity index is 1250. The van der Waals surface area contributed by atoms with Crippen LogP contribution in [0.15, 0.2) is 65.6 Å². The minimum absolute atomic E-state index is 0.0448. The normalized spacial score (nSPS) is 11.2. The second-order valence-corrected chi connectivity index (χ2v) is 9.32. The standard InChI is InChI=1S/C23H22ClFN2O4S/c1-15-4-11-22(31-3)17(12-15)14-27(2)23(28)16-5-10-20(24)21(13-16)26-32(29,30)19-8-6-18(25)7-9-19/h4-13,26H,14H2,1-3H3. The Kier molecular flexibility index (Phi) is 7.06. The fourth-order valence-corrected chi connectivity index (χ4v) is 4.42. The monoisotopic (exact) mass is 476 g/mol. The van der Waals surface area contributed by atoms with Crippen LogP contribution in [0.4, 0.5) is 10.1 Å². The van der Waals surface area contributed by atoms with Gasteiger partial charge in [0.1, 0.15) is 11.6 Å². The number of halogens is 2. The molecule has 0 unspecified atom stereocenters. The van der Waals surface area contributed by atoms with Gasteiger partial charge in [0.25, 0.3) is 15.9 Å². The molecule has 0 radical (unpaired) electrons. The van der Waals surface area contributed by atoms with Crippen LogP contribution in [0, 0.1) is 12.7 Å². The molecule has 3 aromatic carbocycles. The molecule has 168 valence electrons. The summed E-state index contributed by atoms with van der Waals surface area (Å²) in [4.78, 5) is 14.4. The molecule has 3 rings (SSSR count). The van der Waals surface area contributed by atoms with E-state index in [1.165, 1.54) is 23.1 Å². The number of carbonyl (C=O) groups is 1. The number of benzene rings is 3. The van der Waals surface area contributed by atoms with E-state index in [9.17, 15) is 17.6 Å². The maximum absolute atomic E-state index is 13.1. The summed E-state index contributed by atoms with van der Waals surface area (Å²) in [6, 6.07) is 14.4. The first-order valence-electron chi connectivity index (χ1n) is 9.57. The molecule has 9 heteroatoms. The Morgan fingerprint density at radius 2 is 1.78 bits per heavy atom. The molecule has 0 aliphatic heterocycles. The van der Waals surface area contributed by atoms with Crippen molar-refractivity contribution < 1.29 is 22.3 Å². The van der Waals surface area contributed by atoms with Gasteiger partial charge in [0, 0.05) is 24.7 Å².